The van der Waals surface area contributed by atoms with Gasteiger partial charge in [0.05, 0.1) is 5.60 Å². The topological polar surface area (TPSA) is 78.8 Å². The zero-order valence-corrected chi connectivity index (χ0v) is 10.1. The van der Waals surface area contributed by atoms with Gasteiger partial charge >= 0.3 is 5.97 Å². The van der Waals surface area contributed by atoms with Gasteiger partial charge in [0, 0.05) is 39.3 Å². The SMILES string of the molecule is COCCC(C)(O)CNCC(C)=CC(=O)O. The second-order valence-corrected chi connectivity index (χ2v) is 4.17. The van der Waals surface area contributed by atoms with Gasteiger partial charge in [-0.15, -0.1) is 0 Å². The highest BCUT2D eigenvalue weighted by atomic mass is 16.5. The van der Waals surface area contributed by atoms with Gasteiger partial charge in [0.1, 0.15) is 0 Å². The molecule has 94 valence electrons. The number of ether oxygens (including phenoxy) is 1. The summed E-state index contributed by atoms with van der Waals surface area (Å²) in [5, 5.41) is 21.4. The molecule has 0 bridgehead atoms. The zero-order chi connectivity index (χ0) is 12.6. The molecule has 5 heteroatoms. The summed E-state index contributed by atoms with van der Waals surface area (Å²) in [4.78, 5) is 10.3. The second kappa shape index (κ2) is 7.38. The molecular formula is C11H21NO4. The predicted molar refractivity (Wildman–Crippen MR) is 61.4 cm³/mol. The maximum atomic E-state index is 10.3. The molecule has 5 nitrogen and oxygen atoms in total. The number of carboxylic acid groups (broad SMARTS) is 1. The van der Waals surface area contributed by atoms with Crippen LogP contribution in [0, 0.1) is 0 Å². The number of hydrogen-bond donors (Lipinski definition) is 3. The van der Waals surface area contributed by atoms with E-state index in [0.29, 0.717) is 26.1 Å². The molecule has 1 atom stereocenters. The third kappa shape index (κ3) is 8.40. The normalized spacial score (nSPS) is 15.9. The van der Waals surface area contributed by atoms with Gasteiger partial charge in [-0.3, -0.25) is 0 Å². The molecule has 3 N–H and O–H groups in total. The van der Waals surface area contributed by atoms with Crippen LogP contribution in [0.25, 0.3) is 0 Å². The predicted octanol–water partition coefficient (Wildman–Crippen LogP) is 0.394. The Balaban J connectivity index is 3.84. The molecule has 0 amide bonds. The minimum atomic E-state index is -0.953. The van der Waals surface area contributed by atoms with Gasteiger partial charge in [-0.2, -0.15) is 0 Å². The third-order valence-corrected chi connectivity index (χ3v) is 2.12. The first-order valence-corrected chi connectivity index (χ1v) is 5.19. The van der Waals surface area contributed by atoms with Crippen molar-refractivity contribution < 1.29 is 19.7 Å². The molecule has 0 rings (SSSR count). The molecule has 16 heavy (non-hydrogen) atoms. The monoisotopic (exact) mass is 231 g/mol. The van der Waals surface area contributed by atoms with Gasteiger partial charge in [-0.05, 0) is 13.8 Å². The van der Waals surface area contributed by atoms with E-state index in [1.165, 1.54) is 0 Å². The van der Waals surface area contributed by atoms with E-state index in [4.69, 9.17) is 9.84 Å². The average molecular weight is 231 g/mol. The summed E-state index contributed by atoms with van der Waals surface area (Å²) < 4.78 is 4.88. The molecule has 0 fully saturated rings. The maximum absolute atomic E-state index is 10.3. The highest BCUT2D eigenvalue weighted by molar-refractivity contribution is 5.80. The standard InChI is InChI=1S/C11H21NO4/c1-9(6-10(13)14)7-12-8-11(2,15)4-5-16-3/h6,12,15H,4-5,7-8H2,1-3H3,(H,13,14). The van der Waals surface area contributed by atoms with E-state index in [0.717, 1.165) is 11.6 Å². The van der Waals surface area contributed by atoms with Crippen LogP contribution in [0.15, 0.2) is 11.6 Å². The number of aliphatic carboxylic acids is 1. The fourth-order valence-electron chi connectivity index (χ4n) is 1.20. The van der Waals surface area contributed by atoms with Crippen LogP contribution >= 0.6 is 0 Å². The lowest BCUT2D eigenvalue weighted by Crippen LogP contribution is -2.39. The molecule has 0 aromatic heterocycles. The van der Waals surface area contributed by atoms with E-state index >= 15 is 0 Å². The molecule has 0 saturated heterocycles. The van der Waals surface area contributed by atoms with Crippen molar-refractivity contribution >= 4 is 5.97 Å². The van der Waals surface area contributed by atoms with E-state index in [1.807, 2.05) is 0 Å². The summed E-state index contributed by atoms with van der Waals surface area (Å²) in [6.45, 7) is 4.80. The van der Waals surface area contributed by atoms with E-state index in [1.54, 1.807) is 21.0 Å². The Morgan fingerprint density at radius 3 is 2.69 bits per heavy atom. The maximum Gasteiger partial charge on any atom is 0.328 e. The van der Waals surface area contributed by atoms with Gasteiger partial charge in [-0.25, -0.2) is 4.79 Å². The lowest BCUT2D eigenvalue weighted by molar-refractivity contribution is -0.131. The van der Waals surface area contributed by atoms with Crippen molar-refractivity contribution in [3.8, 4) is 0 Å². The van der Waals surface area contributed by atoms with Gasteiger partial charge in [0.2, 0.25) is 0 Å². The number of carboxylic acids is 1. The molecule has 0 heterocycles. The summed E-state index contributed by atoms with van der Waals surface area (Å²) in [5.41, 5.74) is -0.116. The Kier molecular flexibility index (Phi) is 6.96. The first-order chi connectivity index (χ1) is 7.37. The van der Waals surface area contributed by atoms with Crippen molar-refractivity contribution in [3.05, 3.63) is 11.6 Å². The van der Waals surface area contributed by atoms with Crippen LogP contribution in [-0.2, 0) is 9.53 Å². The highest BCUT2D eigenvalue weighted by Crippen LogP contribution is 2.07. The largest absolute Gasteiger partial charge is 0.478 e. The van der Waals surface area contributed by atoms with Crippen LogP contribution in [0.4, 0.5) is 0 Å². The Hall–Kier alpha value is -0.910. The van der Waals surface area contributed by atoms with Crippen molar-refractivity contribution in [2.75, 3.05) is 26.8 Å². The van der Waals surface area contributed by atoms with Crippen LogP contribution in [-0.4, -0.2) is 48.6 Å². The fourth-order valence-corrected chi connectivity index (χ4v) is 1.20. The minimum Gasteiger partial charge on any atom is -0.478 e. The van der Waals surface area contributed by atoms with Crippen LogP contribution < -0.4 is 5.32 Å². The van der Waals surface area contributed by atoms with Gasteiger partial charge in [0.25, 0.3) is 0 Å². The molecule has 0 aliphatic rings. The number of aliphatic hydroxyl groups is 1. The van der Waals surface area contributed by atoms with Crippen molar-refractivity contribution in [3.63, 3.8) is 0 Å². The van der Waals surface area contributed by atoms with E-state index < -0.39 is 11.6 Å². The summed E-state index contributed by atoms with van der Waals surface area (Å²) >= 11 is 0. The van der Waals surface area contributed by atoms with Crippen LogP contribution in [0.2, 0.25) is 0 Å². The van der Waals surface area contributed by atoms with Crippen LogP contribution in [0.5, 0.6) is 0 Å². The molecule has 0 radical (unpaired) electrons. The molecule has 0 aliphatic carbocycles. The van der Waals surface area contributed by atoms with Crippen molar-refractivity contribution in [2.45, 2.75) is 25.9 Å². The highest BCUT2D eigenvalue weighted by Gasteiger charge is 2.18. The van der Waals surface area contributed by atoms with Crippen LogP contribution in [0.3, 0.4) is 0 Å². The molecule has 0 aromatic carbocycles. The Bertz CT molecular complexity index is 248. The number of rotatable bonds is 8. The number of nitrogens with one attached hydrogen (secondary N) is 1. The zero-order valence-electron chi connectivity index (χ0n) is 10.1. The molecule has 0 aliphatic heterocycles. The van der Waals surface area contributed by atoms with Crippen molar-refractivity contribution in [2.24, 2.45) is 0 Å². The third-order valence-electron chi connectivity index (χ3n) is 2.12. The van der Waals surface area contributed by atoms with E-state index in [9.17, 15) is 9.90 Å². The Morgan fingerprint density at radius 2 is 2.19 bits per heavy atom. The lowest BCUT2D eigenvalue weighted by Gasteiger charge is -2.23. The lowest BCUT2D eigenvalue weighted by atomic mass is 10.0. The molecule has 0 saturated carbocycles. The molecule has 1 unspecified atom stereocenters. The molecule has 0 spiro atoms. The van der Waals surface area contributed by atoms with E-state index in [-0.39, 0.29) is 0 Å². The second-order valence-electron chi connectivity index (χ2n) is 4.17. The molecule has 0 aromatic rings. The van der Waals surface area contributed by atoms with Crippen molar-refractivity contribution in [1.29, 1.82) is 0 Å². The smallest absolute Gasteiger partial charge is 0.328 e. The quantitative estimate of drug-likeness (QED) is 0.527. The number of methoxy groups -OCH3 is 1. The fraction of sp³-hybridized carbons (Fsp3) is 0.727. The number of carbonyl (C=O) groups is 1. The van der Waals surface area contributed by atoms with Crippen molar-refractivity contribution in [1.82, 2.24) is 5.32 Å². The Labute approximate surface area is 96.1 Å². The molecular weight excluding hydrogens is 210 g/mol. The number of hydrogen-bond acceptors (Lipinski definition) is 4. The summed E-state index contributed by atoms with van der Waals surface area (Å²) in [5.74, 6) is -0.953. The average Bonchev–Trinajstić information content (AvgIpc) is 2.13. The van der Waals surface area contributed by atoms with Gasteiger partial charge in [0.15, 0.2) is 0 Å². The minimum absolute atomic E-state index is 0.404. The van der Waals surface area contributed by atoms with Crippen LogP contribution in [0.1, 0.15) is 20.3 Å². The van der Waals surface area contributed by atoms with Gasteiger partial charge in [-0.1, -0.05) is 5.57 Å². The first kappa shape index (κ1) is 15.1. The summed E-state index contributed by atoms with van der Waals surface area (Å²) in [6, 6.07) is 0. The van der Waals surface area contributed by atoms with Gasteiger partial charge < -0.3 is 20.3 Å². The van der Waals surface area contributed by atoms with E-state index in [2.05, 4.69) is 5.32 Å². The Morgan fingerprint density at radius 1 is 1.56 bits per heavy atom. The summed E-state index contributed by atoms with van der Waals surface area (Å²) in [7, 11) is 1.59. The summed E-state index contributed by atoms with van der Waals surface area (Å²) in [6.07, 6.45) is 1.69. The first-order valence-electron chi connectivity index (χ1n) is 5.19.